The van der Waals surface area contributed by atoms with Crippen molar-refractivity contribution >= 4 is 17.6 Å². The Kier molecular flexibility index (Phi) is 8.46. The van der Waals surface area contributed by atoms with Crippen LogP contribution in [0.5, 0.6) is 0 Å². The van der Waals surface area contributed by atoms with Crippen molar-refractivity contribution in [1.29, 1.82) is 0 Å². The number of nitrogens with two attached hydrogens (primary N) is 2. The van der Waals surface area contributed by atoms with E-state index >= 15 is 0 Å². The molecule has 1 saturated heterocycles. The SMILES string of the molecule is Cc1ccc(C2CCN(C(=O)[C@H](NC(=O)c3ccccc3-c3cccc(/C(N)=N/N)c3)C(C)C)CC2)cc1. The number of likely N-dealkylation sites (tertiary alicyclic amines) is 1. The van der Waals surface area contributed by atoms with Crippen molar-refractivity contribution in [3.8, 4) is 11.1 Å². The number of hydrogen-bond donors (Lipinski definition) is 3. The average molecular weight is 512 g/mol. The maximum Gasteiger partial charge on any atom is 0.252 e. The zero-order chi connectivity index (χ0) is 27.2. The van der Waals surface area contributed by atoms with Gasteiger partial charge in [0.1, 0.15) is 11.9 Å². The molecule has 1 aliphatic heterocycles. The summed E-state index contributed by atoms with van der Waals surface area (Å²) in [5.41, 5.74) is 11.2. The molecule has 198 valence electrons. The Morgan fingerprint density at radius 2 is 1.66 bits per heavy atom. The van der Waals surface area contributed by atoms with Crippen LogP contribution in [-0.2, 0) is 4.79 Å². The van der Waals surface area contributed by atoms with E-state index in [9.17, 15) is 9.59 Å². The van der Waals surface area contributed by atoms with Gasteiger partial charge in [-0.1, -0.05) is 80.1 Å². The molecule has 0 bridgehead atoms. The number of amides is 2. The topological polar surface area (TPSA) is 114 Å². The van der Waals surface area contributed by atoms with Crippen LogP contribution in [0.15, 0.2) is 77.9 Å². The van der Waals surface area contributed by atoms with Crippen molar-refractivity contribution in [3.63, 3.8) is 0 Å². The molecule has 0 unspecified atom stereocenters. The van der Waals surface area contributed by atoms with Crippen molar-refractivity contribution in [3.05, 3.63) is 95.1 Å². The highest BCUT2D eigenvalue weighted by Gasteiger charge is 2.32. The van der Waals surface area contributed by atoms with Gasteiger partial charge in [0.25, 0.3) is 5.91 Å². The molecule has 7 heteroatoms. The van der Waals surface area contributed by atoms with Gasteiger partial charge < -0.3 is 21.8 Å². The van der Waals surface area contributed by atoms with E-state index < -0.39 is 6.04 Å². The van der Waals surface area contributed by atoms with Crippen LogP contribution in [0.25, 0.3) is 11.1 Å². The molecular formula is C31H37N5O2. The minimum absolute atomic E-state index is 0.0258. The molecule has 1 fully saturated rings. The molecule has 0 aromatic heterocycles. The summed E-state index contributed by atoms with van der Waals surface area (Å²) in [6, 6.07) is 22.8. The Morgan fingerprint density at radius 3 is 2.32 bits per heavy atom. The third kappa shape index (κ3) is 6.05. The molecule has 3 aromatic carbocycles. The normalized spacial score (nSPS) is 15.4. The van der Waals surface area contributed by atoms with Crippen LogP contribution in [-0.4, -0.2) is 41.7 Å². The van der Waals surface area contributed by atoms with Crippen LogP contribution in [0.2, 0.25) is 0 Å². The van der Waals surface area contributed by atoms with Gasteiger partial charge in [-0.2, -0.15) is 5.10 Å². The zero-order valence-corrected chi connectivity index (χ0v) is 22.4. The van der Waals surface area contributed by atoms with Gasteiger partial charge in [-0.15, -0.1) is 0 Å². The van der Waals surface area contributed by atoms with Crippen LogP contribution in [0.3, 0.4) is 0 Å². The van der Waals surface area contributed by atoms with Gasteiger partial charge in [0.15, 0.2) is 0 Å². The number of hydrazone groups is 1. The molecule has 0 radical (unpaired) electrons. The lowest BCUT2D eigenvalue weighted by Crippen LogP contribution is -2.52. The molecule has 2 amide bonds. The zero-order valence-electron chi connectivity index (χ0n) is 22.4. The van der Waals surface area contributed by atoms with Crippen LogP contribution in [0.4, 0.5) is 0 Å². The first-order chi connectivity index (χ1) is 18.3. The quantitative estimate of drug-likeness (QED) is 0.189. The highest BCUT2D eigenvalue weighted by molar-refractivity contribution is 6.04. The lowest BCUT2D eigenvalue weighted by molar-refractivity contribution is -0.135. The Labute approximate surface area is 224 Å². The second-order valence-electron chi connectivity index (χ2n) is 10.3. The Hall–Kier alpha value is -4.13. The number of amidine groups is 1. The summed E-state index contributed by atoms with van der Waals surface area (Å²) < 4.78 is 0. The van der Waals surface area contributed by atoms with Crippen molar-refractivity contribution in [2.75, 3.05) is 13.1 Å². The molecule has 0 aliphatic carbocycles. The molecule has 1 aliphatic rings. The molecule has 4 rings (SSSR count). The molecule has 1 atom stereocenters. The minimum atomic E-state index is -0.613. The second kappa shape index (κ2) is 11.9. The first-order valence-corrected chi connectivity index (χ1v) is 13.2. The molecule has 5 N–H and O–H groups in total. The molecule has 7 nitrogen and oxygen atoms in total. The van der Waals surface area contributed by atoms with Crippen molar-refractivity contribution in [1.82, 2.24) is 10.2 Å². The predicted octanol–water partition coefficient (Wildman–Crippen LogP) is 4.40. The van der Waals surface area contributed by atoms with Gasteiger partial charge >= 0.3 is 0 Å². The highest BCUT2D eigenvalue weighted by atomic mass is 16.2. The maximum absolute atomic E-state index is 13.6. The fourth-order valence-electron chi connectivity index (χ4n) is 5.05. The summed E-state index contributed by atoms with van der Waals surface area (Å²) in [5.74, 6) is 5.65. The smallest absolute Gasteiger partial charge is 0.252 e. The predicted molar refractivity (Wildman–Crippen MR) is 153 cm³/mol. The maximum atomic E-state index is 13.6. The van der Waals surface area contributed by atoms with Gasteiger partial charge in [0.2, 0.25) is 5.91 Å². The van der Waals surface area contributed by atoms with Crippen LogP contribution < -0.4 is 16.9 Å². The molecule has 3 aromatic rings. The van der Waals surface area contributed by atoms with E-state index in [0.29, 0.717) is 30.1 Å². The van der Waals surface area contributed by atoms with E-state index in [1.165, 1.54) is 11.1 Å². The van der Waals surface area contributed by atoms with E-state index in [-0.39, 0.29) is 23.6 Å². The Bertz CT molecular complexity index is 1310. The van der Waals surface area contributed by atoms with Crippen molar-refractivity contribution < 1.29 is 9.59 Å². The van der Waals surface area contributed by atoms with Crippen molar-refractivity contribution in [2.24, 2.45) is 22.6 Å². The van der Waals surface area contributed by atoms with E-state index in [0.717, 1.165) is 24.0 Å². The Morgan fingerprint density at radius 1 is 0.974 bits per heavy atom. The van der Waals surface area contributed by atoms with Crippen LogP contribution in [0, 0.1) is 12.8 Å². The largest absolute Gasteiger partial charge is 0.382 e. The van der Waals surface area contributed by atoms with Crippen LogP contribution >= 0.6 is 0 Å². The Balaban J connectivity index is 1.48. The monoisotopic (exact) mass is 511 g/mol. The van der Waals surface area contributed by atoms with E-state index in [1.54, 1.807) is 6.07 Å². The third-order valence-corrected chi connectivity index (χ3v) is 7.35. The molecule has 38 heavy (non-hydrogen) atoms. The number of nitrogens with zero attached hydrogens (tertiary/aromatic N) is 2. The first-order valence-electron chi connectivity index (χ1n) is 13.2. The minimum Gasteiger partial charge on any atom is -0.382 e. The van der Waals surface area contributed by atoms with Gasteiger partial charge in [-0.05, 0) is 60.4 Å². The van der Waals surface area contributed by atoms with Gasteiger partial charge in [-0.3, -0.25) is 9.59 Å². The first kappa shape index (κ1) is 26.9. The molecule has 0 saturated carbocycles. The summed E-state index contributed by atoms with van der Waals surface area (Å²) in [7, 11) is 0. The summed E-state index contributed by atoms with van der Waals surface area (Å²) >= 11 is 0. The highest BCUT2D eigenvalue weighted by Crippen LogP contribution is 2.29. The van der Waals surface area contributed by atoms with Gasteiger partial charge in [-0.25, -0.2) is 0 Å². The van der Waals surface area contributed by atoms with Gasteiger partial charge in [0, 0.05) is 24.2 Å². The molecular weight excluding hydrogens is 474 g/mol. The standard InChI is InChI=1S/C31H37N5O2/c1-20(2)28(31(38)36-17-15-23(16-18-36)22-13-11-21(3)12-14-22)34-30(37)27-10-5-4-9-26(27)24-7-6-8-25(19-24)29(32)35-33/h4-14,19-20,23,28H,15-18,33H2,1-3H3,(H2,32,35)(H,34,37)/t28-/m1/s1. The number of hydrogen-bond acceptors (Lipinski definition) is 4. The van der Waals surface area contributed by atoms with Crippen LogP contribution in [0.1, 0.15) is 59.7 Å². The fourth-order valence-corrected chi connectivity index (χ4v) is 5.05. The summed E-state index contributed by atoms with van der Waals surface area (Å²) in [6.07, 6.45) is 1.84. The number of nitrogens with one attached hydrogen (secondary N) is 1. The summed E-state index contributed by atoms with van der Waals surface area (Å²) in [6.45, 7) is 7.39. The molecule has 1 heterocycles. The number of carbonyl (C=O) groups is 2. The van der Waals surface area contributed by atoms with E-state index in [4.69, 9.17) is 11.6 Å². The summed E-state index contributed by atoms with van der Waals surface area (Å²) in [5, 5.41) is 6.61. The van der Waals surface area contributed by atoms with E-state index in [1.807, 2.05) is 61.2 Å². The van der Waals surface area contributed by atoms with Gasteiger partial charge in [0.05, 0.1) is 0 Å². The second-order valence-corrected chi connectivity index (χ2v) is 10.3. The average Bonchev–Trinajstić information content (AvgIpc) is 2.95. The molecule has 0 spiro atoms. The summed E-state index contributed by atoms with van der Waals surface area (Å²) in [4.78, 5) is 29.0. The lowest BCUT2D eigenvalue weighted by atomic mass is 9.88. The fraction of sp³-hybridized carbons (Fsp3) is 0.323. The number of rotatable bonds is 7. The number of piperidine rings is 1. The lowest BCUT2D eigenvalue weighted by Gasteiger charge is -2.35. The number of aryl methyl sites for hydroxylation is 1. The number of carbonyl (C=O) groups excluding carboxylic acids is 2. The van der Waals surface area contributed by atoms with Crippen molar-refractivity contribution in [2.45, 2.75) is 45.6 Å². The third-order valence-electron chi connectivity index (χ3n) is 7.35. The van der Waals surface area contributed by atoms with E-state index in [2.05, 4.69) is 41.6 Å². The number of benzene rings is 3.